The number of carboxylic acids is 1. The number of halogens is 2. The molecule has 152 valence electrons. The maximum atomic E-state index is 13.4. The van der Waals surface area contributed by atoms with Crippen LogP contribution in [0.3, 0.4) is 0 Å². The van der Waals surface area contributed by atoms with Crippen molar-refractivity contribution in [3.05, 3.63) is 47.5 Å². The minimum absolute atomic E-state index is 0.0190. The Labute approximate surface area is 171 Å². The smallest absolute Gasteiger partial charge is 0.307 e. The molecule has 0 bridgehead atoms. The minimum Gasteiger partial charge on any atom is -0.493 e. The first-order chi connectivity index (χ1) is 13.7. The Bertz CT molecular complexity index is 1080. The fraction of sp³-hybridized carbons (Fsp3) is 0.250. The maximum absolute atomic E-state index is 13.4. The van der Waals surface area contributed by atoms with Gasteiger partial charge >= 0.3 is 5.97 Å². The third kappa shape index (κ3) is 4.83. The van der Waals surface area contributed by atoms with Crippen LogP contribution in [0.15, 0.2) is 36.7 Å². The molecular formula is C20H19ClFN3O4. The molecule has 7 nitrogen and oxygen atoms in total. The summed E-state index contributed by atoms with van der Waals surface area (Å²) in [7, 11) is 1.49. The molecule has 1 heterocycles. The Hall–Kier alpha value is -3.13. The molecule has 3 rings (SSSR count). The Morgan fingerprint density at radius 2 is 2.00 bits per heavy atom. The van der Waals surface area contributed by atoms with Gasteiger partial charge in [-0.1, -0.05) is 11.6 Å². The van der Waals surface area contributed by atoms with E-state index in [1.165, 1.54) is 31.6 Å². The first kappa shape index (κ1) is 20.6. The highest BCUT2D eigenvalue weighted by molar-refractivity contribution is 6.31. The van der Waals surface area contributed by atoms with Gasteiger partial charge in [0.1, 0.15) is 23.6 Å². The molecule has 0 saturated heterocycles. The van der Waals surface area contributed by atoms with Gasteiger partial charge in [-0.05, 0) is 38.1 Å². The SMILES string of the molecule is COc1cc2ncnc(Nc3ccc(F)c(Cl)c3)c2cc1OC(C)(C)CC(=O)O. The third-order valence-electron chi connectivity index (χ3n) is 4.07. The molecule has 0 atom stereocenters. The van der Waals surface area contributed by atoms with Gasteiger partial charge in [-0.3, -0.25) is 4.79 Å². The van der Waals surface area contributed by atoms with Crippen molar-refractivity contribution in [2.75, 3.05) is 12.4 Å². The van der Waals surface area contributed by atoms with E-state index in [4.69, 9.17) is 26.2 Å². The van der Waals surface area contributed by atoms with Gasteiger partial charge in [-0.15, -0.1) is 0 Å². The number of nitrogens with zero attached hydrogens (tertiary/aromatic N) is 2. The van der Waals surface area contributed by atoms with Crippen molar-refractivity contribution >= 4 is 40.0 Å². The predicted octanol–water partition coefficient (Wildman–Crippen LogP) is 4.81. The lowest BCUT2D eigenvalue weighted by atomic mass is 10.1. The fourth-order valence-electron chi connectivity index (χ4n) is 2.81. The van der Waals surface area contributed by atoms with Crippen LogP contribution in [0.1, 0.15) is 20.3 Å². The summed E-state index contributed by atoms with van der Waals surface area (Å²) in [6.07, 6.45) is 1.18. The van der Waals surface area contributed by atoms with Gasteiger partial charge in [0, 0.05) is 17.1 Å². The number of hydrogen-bond acceptors (Lipinski definition) is 6. The lowest BCUT2D eigenvalue weighted by Crippen LogP contribution is -2.31. The Balaban J connectivity index is 2.03. The number of benzene rings is 2. The molecule has 2 N–H and O–H groups in total. The number of carboxylic acid groups (broad SMARTS) is 1. The van der Waals surface area contributed by atoms with Crippen LogP contribution in [0.25, 0.3) is 10.9 Å². The van der Waals surface area contributed by atoms with Crippen LogP contribution in [-0.4, -0.2) is 33.8 Å². The molecule has 0 saturated carbocycles. The van der Waals surface area contributed by atoms with Crippen molar-refractivity contribution in [3.63, 3.8) is 0 Å². The van der Waals surface area contributed by atoms with Gasteiger partial charge in [-0.2, -0.15) is 0 Å². The first-order valence-electron chi connectivity index (χ1n) is 8.64. The second-order valence-corrected chi connectivity index (χ2v) is 7.34. The summed E-state index contributed by atoms with van der Waals surface area (Å²) in [5.41, 5.74) is 0.150. The highest BCUT2D eigenvalue weighted by Gasteiger charge is 2.26. The van der Waals surface area contributed by atoms with Crippen LogP contribution < -0.4 is 14.8 Å². The van der Waals surface area contributed by atoms with Gasteiger partial charge in [0.25, 0.3) is 0 Å². The highest BCUT2D eigenvalue weighted by Crippen LogP contribution is 2.37. The summed E-state index contributed by atoms with van der Waals surface area (Å²) in [6, 6.07) is 7.57. The average molecular weight is 420 g/mol. The zero-order valence-corrected chi connectivity index (χ0v) is 16.7. The zero-order chi connectivity index (χ0) is 21.2. The normalized spacial score (nSPS) is 11.3. The Kier molecular flexibility index (Phi) is 5.74. The van der Waals surface area contributed by atoms with Crippen molar-refractivity contribution in [1.29, 1.82) is 0 Å². The first-order valence-corrected chi connectivity index (χ1v) is 9.02. The number of fused-ring (bicyclic) bond motifs is 1. The number of anilines is 2. The Morgan fingerprint density at radius 1 is 1.24 bits per heavy atom. The largest absolute Gasteiger partial charge is 0.493 e. The number of methoxy groups -OCH3 is 1. The van der Waals surface area contributed by atoms with Gasteiger partial charge in [0.15, 0.2) is 11.5 Å². The van der Waals surface area contributed by atoms with Crippen molar-refractivity contribution in [2.45, 2.75) is 25.9 Å². The summed E-state index contributed by atoms with van der Waals surface area (Å²) in [5, 5.41) is 12.8. The van der Waals surface area contributed by atoms with Gasteiger partial charge < -0.3 is 19.9 Å². The summed E-state index contributed by atoms with van der Waals surface area (Å²) in [4.78, 5) is 19.6. The van der Waals surface area contributed by atoms with E-state index in [2.05, 4.69) is 15.3 Å². The number of hydrogen-bond donors (Lipinski definition) is 2. The molecule has 0 spiro atoms. The molecule has 0 unspecified atom stereocenters. The molecule has 0 radical (unpaired) electrons. The summed E-state index contributed by atoms with van der Waals surface area (Å²) in [5.74, 6) is -0.299. The summed E-state index contributed by atoms with van der Waals surface area (Å²) in [6.45, 7) is 3.35. The summed E-state index contributed by atoms with van der Waals surface area (Å²) >= 11 is 5.84. The monoisotopic (exact) mass is 419 g/mol. The molecular weight excluding hydrogens is 401 g/mol. The number of nitrogens with one attached hydrogen (secondary N) is 1. The van der Waals surface area contributed by atoms with Crippen LogP contribution >= 0.6 is 11.6 Å². The lowest BCUT2D eigenvalue weighted by molar-refractivity contribution is -0.140. The second kappa shape index (κ2) is 8.08. The van der Waals surface area contributed by atoms with Crippen molar-refractivity contribution in [1.82, 2.24) is 9.97 Å². The summed E-state index contributed by atoms with van der Waals surface area (Å²) < 4.78 is 24.7. The van der Waals surface area contributed by atoms with E-state index >= 15 is 0 Å². The van der Waals surface area contributed by atoms with Gasteiger partial charge in [-0.25, -0.2) is 14.4 Å². The van der Waals surface area contributed by atoms with Crippen molar-refractivity contribution in [3.8, 4) is 11.5 Å². The molecule has 3 aromatic rings. The van der Waals surface area contributed by atoms with E-state index in [0.717, 1.165) is 0 Å². The molecule has 2 aromatic carbocycles. The molecule has 0 aliphatic rings. The van der Waals surface area contributed by atoms with Crippen LogP contribution in [-0.2, 0) is 4.79 Å². The Morgan fingerprint density at radius 3 is 2.66 bits per heavy atom. The third-order valence-corrected chi connectivity index (χ3v) is 4.36. The number of aromatic nitrogens is 2. The van der Waals surface area contributed by atoms with E-state index in [9.17, 15) is 9.18 Å². The van der Waals surface area contributed by atoms with E-state index < -0.39 is 17.4 Å². The number of aliphatic carboxylic acids is 1. The molecule has 0 amide bonds. The topological polar surface area (TPSA) is 93.6 Å². The van der Waals surface area contributed by atoms with Crippen LogP contribution in [0.5, 0.6) is 11.5 Å². The van der Waals surface area contributed by atoms with Crippen LogP contribution in [0, 0.1) is 5.82 Å². The fourth-order valence-corrected chi connectivity index (χ4v) is 2.99. The van der Waals surface area contributed by atoms with Crippen LogP contribution in [0.4, 0.5) is 15.9 Å². The molecule has 1 aromatic heterocycles. The second-order valence-electron chi connectivity index (χ2n) is 6.93. The molecule has 9 heteroatoms. The number of carbonyl (C=O) groups is 1. The quantitative estimate of drug-likeness (QED) is 0.567. The standard InChI is InChI=1S/C20H19ClFN3O4/c1-20(2,9-18(26)27)29-17-7-12-15(8-16(17)28-3)23-10-24-19(12)25-11-4-5-14(22)13(21)6-11/h4-8,10H,9H2,1-3H3,(H,26,27)(H,23,24,25). The predicted molar refractivity (Wildman–Crippen MR) is 108 cm³/mol. The molecule has 0 fully saturated rings. The van der Waals surface area contributed by atoms with E-state index in [0.29, 0.717) is 33.9 Å². The molecule has 0 aliphatic carbocycles. The average Bonchev–Trinajstić information content (AvgIpc) is 2.63. The van der Waals surface area contributed by atoms with Gasteiger partial charge in [0.2, 0.25) is 0 Å². The van der Waals surface area contributed by atoms with Crippen molar-refractivity contribution < 1.29 is 23.8 Å². The molecule has 0 aliphatic heterocycles. The lowest BCUT2D eigenvalue weighted by Gasteiger charge is -2.26. The van der Waals surface area contributed by atoms with E-state index in [-0.39, 0.29) is 11.4 Å². The van der Waals surface area contributed by atoms with E-state index in [1.54, 1.807) is 26.0 Å². The molecule has 29 heavy (non-hydrogen) atoms. The van der Waals surface area contributed by atoms with Crippen LogP contribution in [0.2, 0.25) is 5.02 Å². The number of rotatable bonds is 7. The maximum Gasteiger partial charge on any atom is 0.307 e. The highest BCUT2D eigenvalue weighted by atomic mass is 35.5. The van der Waals surface area contributed by atoms with E-state index in [1.807, 2.05) is 0 Å². The van der Waals surface area contributed by atoms with Gasteiger partial charge in [0.05, 0.1) is 24.1 Å². The minimum atomic E-state index is -0.978. The zero-order valence-electron chi connectivity index (χ0n) is 16.0. The van der Waals surface area contributed by atoms with Crippen molar-refractivity contribution in [2.24, 2.45) is 0 Å². The number of ether oxygens (including phenoxy) is 2.